The summed E-state index contributed by atoms with van der Waals surface area (Å²) in [5.74, 6) is 0.997. The molecule has 106 valence electrons. The monoisotopic (exact) mass is 284 g/mol. The van der Waals surface area contributed by atoms with Crippen molar-refractivity contribution in [3.05, 3.63) is 28.3 Å². The second-order valence-electron chi connectivity index (χ2n) is 5.06. The maximum absolute atomic E-state index is 6.15. The molecule has 1 unspecified atom stereocenters. The van der Waals surface area contributed by atoms with Gasteiger partial charge in [0.2, 0.25) is 0 Å². The first kappa shape index (κ1) is 14.6. The molecule has 0 aromatic heterocycles. The summed E-state index contributed by atoms with van der Waals surface area (Å²) >= 11 is 6.15. The van der Waals surface area contributed by atoms with Crippen LogP contribution in [0, 0.1) is 0 Å². The molecule has 4 nitrogen and oxygen atoms in total. The van der Waals surface area contributed by atoms with Gasteiger partial charge in [0.05, 0.1) is 13.2 Å². The number of hydrogen-bond donors (Lipinski definition) is 1. The fraction of sp³-hybridized carbons (Fsp3) is 0.571. The van der Waals surface area contributed by atoms with E-state index in [1.54, 1.807) is 7.11 Å². The van der Waals surface area contributed by atoms with Gasteiger partial charge < -0.3 is 20.1 Å². The van der Waals surface area contributed by atoms with Crippen LogP contribution in [0.3, 0.4) is 0 Å². The van der Waals surface area contributed by atoms with E-state index in [4.69, 9.17) is 26.8 Å². The molecule has 1 aromatic rings. The molecule has 0 spiro atoms. The summed E-state index contributed by atoms with van der Waals surface area (Å²) in [4.78, 5) is 2.16. The normalized spacial score (nSPS) is 15.4. The van der Waals surface area contributed by atoms with Crippen molar-refractivity contribution in [2.75, 3.05) is 33.9 Å². The van der Waals surface area contributed by atoms with Crippen LogP contribution in [0.5, 0.6) is 5.75 Å². The summed E-state index contributed by atoms with van der Waals surface area (Å²) < 4.78 is 10.7. The van der Waals surface area contributed by atoms with Crippen molar-refractivity contribution < 1.29 is 9.47 Å². The van der Waals surface area contributed by atoms with Crippen molar-refractivity contribution in [3.63, 3.8) is 0 Å². The van der Waals surface area contributed by atoms with Gasteiger partial charge in [0, 0.05) is 43.2 Å². The van der Waals surface area contributed by atoms with E-state index in [0.717, 1.165) is 42.5 Å². The maximum Gasteiger partial charge on any atom is 0.127 e. The lowest BCUT2D eigenvalue weighted by molar-refractivity contribution is 0.159. The second kappa shape index (κ2) is 6.57. The Bertz CT molecular complexity index is 440. The first-order chi connectivity index (χ1) is 9.10. The highest BCUT2D eigenvalue weighted by Crippen LogP contribution is 2.33. The highest BCUT2D eigenvalue weighted by Gasteiger charge is 2.19. The number of fused-ring (bicyclic) bond motifs is 1. The molecule has 1 atom stereocenters. The summed E-state index contributed by atoms with van der Waals surface area (Å²) in [7, 11) is 3.70. The summed E-state index contributed by atoms with van der Waals surface area (Å²) in [6.45, 7) is 2.86. The van der Waals surface area contributed by atoms with E-state index in [2.05, 4.69) is 4.90 Å². The van der Waals surface area contributed by atoms with Crippen molar-refractivity contribution in [1.29, 1.82) is 0 Å². The lowest BCUT2D eigenvalue weighted by Gasteiger charge is -2.22. The number of rotatable bonds is 6. The Hall–Kier alpha value is -0.810. The van der Waals surface area contributed by atoms with Gasteiger partial charge in [0.1, 0.15) is 5.75 Å². The van der Waals surface area contributed by atoms with Crippen LogP contribution in [0.25, 0.3) is 0 Å². The molecule has 5 heteroatoms. The Kier molecular flexibility index (Phi) is 5.05. The van der Waals surface area contributed by atoms with Crippen LogP contribution in [-0.2, 0) is 17.7 Å². The fourth-order valence-corrected chi connectivity index (χ4v) is 2.75. The van der Waals surface area contributed by atoms with E-state index in [-0.39, 0.29) is 6.04 Å². The van der Waals surface area contributed by atoms with E-state index in [1.807, 2.05) is 19.2 Å². The summed E-state index contributed by atoms with van der Waals surface area (Å²) in [5, 5.41) is 0.772. The Morgan fingerprint density at radius 1 is 1.53 bits per heavy atom. The number of hydrogen-bond acceptors (Lipinski definition) is 4. The molecule has 1 aromatic carbocycles. The topological polar surface area (TPSA) is 47.7 Å². The number of halogens is 1. The third-order valence-electron chi connectivity index (χ3n) is 3.19. The van der Waals surface area contributed by atoms with E-state index in [0.29, 0.717) is 6.61 Å². The Morgan fingerprint density at radius 3 is 3.05 bits per heavy atom. The predicted molar refractivity (Wildman–Crippen MR) is 76.8 cm³/mol. The van der Waals surface area contributed by atoms with Gasteiger partial charge in [-0.2, -0.15) is 0 Å². The van der Waals surface area contributed by atoms with E-state index < -0.39 is 0 Å². The molecule has 1 heterocycles. The number of nitrogens with two attached hydrogens (primary N) is 1. The Morgan fingerprint density at radius 2 is 2.32 bits per heavy atom. The van der Waals surface area contributed by atoms with Crippen LogP contribution < -0.4 is 10.5 Å². The smallest absolute Gasteiger partial charge is 0.127 e. The molecule has 0 saturated carbocycles. The molecule has 2 N–H and O–H groups in total. The molecule has 0 bridgehead atoms. The van der Waals surface area contributed by atoms with Gasteiger partial charge in [-0.3, -0.25) is 0 Å². The molecular formula is C14H21ClN2O2. The van der Waals surface area contributed by atoms with E-state index in [9.17, 15) is 0 Å². The van der Waals surface area contributed by atoms with Gasteiger partial charge in [0.25, 0.3) is 0 Å². The minimum absolute atomic E-state index is 0.0168. The zero-order valence-corrected chi connectivity index (χ0v) is 12.2. The molecule has 1 aliphatic heterocycles. The predicted octanol–water partition coefficient (Wildman–Crippen LogP) is 1.68. The molecule has 0 aliphatic carbocycles. The van der Waals surface area contributed by atoms with E-state index in [1.165, 1.54) is 5.56 Å². The van der Waals surface area contributed by atoms with Crippen molar-refractivity contribution >= 4 is 11.6 Å². The molecule has 19 heavy (non-hydrogen) atoms. The first-order valence-electron chi connectivity index (χ1n) is 6.47. The van der Waals surface area contributed by atoms with Gasteiger partial charge >= 0.3 is 0 Å². The minimum Gasteiger partial charge on any atom is -0.493 e. The Balaban J connectivity index is 2.03. The van der Waals surface area contributed by atoms with Crippen molar-refractivity contribution in [2.45, 2.75) is 19.0 Å². The van der Waals surface area contributed by atoms with Crippen LogP contribution in [0.15, 0.2) is 12.1 Å². The molecule has 0 saturated heterocycles. The standard InChI is InChI=1S/C14H21ClN2O2/c1-17(8-13(16)9-18-2)7-11-6-12(15)5-10-3-4-19-14(10)11/h5-6,13H,3-4,7-9,16H2,1-2H3. The van der Waals surface area contributed by atoms with Crippen LogP contribution in [-0.4, -0.2) is 44.9 Å². The third-order valence-corrected chi connectivity index (χ3v) is 3.41. The highest BCUT2D eigenvalue weighted by molar-refractivity contribution is 6.30. The quantitative estimate of drug-likeness (QED) is 0.863. The lowest BCUT2D eigenvalue weighted by Crippen LogP contribution is -2.38. The number of methoxy groups -OCH3 is 1. The molecule has 0 radical (unpaired) electrons. The number of benzene rings is 1. The van der Waals surface area contributed by atoms with Crippen molar-refractivity contribution in [2.24, 2.45) is 5.73 Å². The highest BCUT2D eigenvalue weighted by atomic mass is 35.5. The largest absolute Gasteiger partial charge is 0.493 e. The molecule has 1 aliphatic rings. The average molecular weight is 285 g/mol. The number of nitrogens with zero attached hydrogens (tertiary/aromatic N) is 1. The maximum atomic E-state index is 6.15. The number of ether oxygens (including phenoxy) is 2. The van der Waals surface area contributed by atoms with Gasteiger partial charge in [-0.1, -0.05) is 11.6 Å². The summed E-state index contributed by atoms with van der Waals surface area (Å²) in [6.07, 6.45) is 0.940. The van der Waals surface area contributed by atoms with Crippen LogP contribution in [0.2, 0.25) is 5.02 Å². The van der Waals surface area contributed by atoms with Gasteiger partial charge in [0.15, 0.2) is 0 Å². The molecule has 0 amide bonds. The zero-order valence-electron chi connectivity index (χ0n) is 11.5. The van der Waals surface area contributed by atoms with Crippen LogP contribution in [0.4, 0.5) is 0 Å². The van der Waals surface area contributed by atoms with Gasteiger partial charge in [-0.05, 0) is 24.7 Å². The fourth-order valence-electron chi connectivity index (χ4n) is 2.49. The van der Waals surface area contributed by atoms with Gasteiger partial charge in [-0.25, -0.2) is 0 Å². The SMILES string of the molecule is COCC(N)CN(C)Cc1cc(Cl)cc2c1OCC2. The molecule has 2 rings (SSSR count). The third kappa shape index (κ3) is 3.83. The second-order valence-corrected chi connectivity index (χ2v) is 5.50. The van der Waals surface area contributed by atoms with Crippen LogP contribution in [0.1, 0.15) is 11.1 Å². The lowest BCUT2D eigenvalue weighted by atomic mass is 10.1. The summed E-state index contributed by atoms with van der Waals surface area (Å²) in [6, 6.07) is 3.98. The Labute approximate surface area is 119 Å². The van der Waals surface area contributed by atoms with E-state index >= 15 is 0 Å². The first-order valence-corrected chi connectivity index (χ1v) is 6.85. The van der Waals surface area contributed by atoms with Gasteiger partial charge in [-0.15, -0.1) is 0 Å². The van der Waals surface area contributed by atoms with Crippen molar-refractivity contribution in [3.8, 4) is 5.75 Å². The zero-order chi connectivity index (χ0) is 13.8. The number of likely N-dealkylation sites (N-methyl/N-ethyl adjacent to an activating group) is 1. The molecular weight excluding hydrogens is 264 g/mol. The van der Waals surface area contributed by atoms with Crippen LogP contribution >= 0.6 is 11.6 Å². The van der Waals surface area contributed by atoms with Crippen molar-refractivity contribution in [1.82, 2.24) is 4.90 Å². The average Bonchev–Trinajstić information content (AvgIpc) is 2.76. The molecule has 0 fully saturated rings. The minimum atomic E-state index is 0.0168. The summed E-state index contributed by atoms with van der Waals surface area (Å²) in [5.41, 5.74) is 8.29.